The Morgan fingerprint density at radius 2 is 2.15 bits per heavy atom. The summed E-state index contributed by atoms with van der Waals surface area (Å²) in [6, 6.07) is 6.23. The first-order chi connectivity index (χ1) is 9.38. The van der Waals surface area contributed by atoms with Gasteiger partial charge in [0.05, 0.1) is 12.2 Å². The van der Waals surface area contributed by atoms with Gasteiger partial charge in [-0.25, -0.2) is 0 Å². The van der Waals surface area contributed by atoms with Crippen LogP contribution in [0.2, 0.25) is 0 Å². The van der Waals surface area contributed by atoms with E-state index in [0.717, 1.165) is 28.8 Å². The van der Waals surface area contributed by atoms with Crippen molar-refractivity contribution in [2.75, 3.05) is 20.2 Å². The molecule has 20 heavy (non-hydrogen) atoms. The van der Waals surface area contributed by atoms with Gasteiger partial charge in [-0.1, -0.05) is 22.9 Å². The summed E-state index contributed by atoms with van der Waals surface area (Å²) >= 11 is 3.59. The molecule has 1 heterocycles. The monoisotopic (exact) mass is 341 g/mol. The molecule has 0 saturated carbocycles. The van der Waals surface area contributed by atoms with Gasteiger partial charge in [-0.05, 0) is 45.5 Å². The fourth-order valence-corrected chi connectivity index (χ4v) is 3.63. The molecule has 0 bridgehead atoms. The topological polar surface area (TPSA) is 32.7 Å². The zero-order valence-electron chi connectivity index (χ0n) is 12.7. The molecule has 1 saturated heterocycles. The highest BCUT2D eigenvalue weighted by Crippen LogP contribution is 2.43. The third-order valence-corrected chi connectivity index (χ3v) is 5.14. The third kappa shape index (κ3) is 2.87. The quantitative estimate of drug-likeness (QED) is 0.914. The van der Waals surface area contributed by atoms with E-state index in [1.54, 1.807) is 0 Å². The average molecular weight is 342 g/mol. The summed E-state index contributed by atoms with van der Waals surface area (Å²) in [6.45, 7) is 7.77. The minimum absolute atomic E-state index is 0.178. The lowest BCUT2D eigenvalue weighted by atomic mass is 9.74. The molecular weight excluding hydrogens is 318 g/mol. The van der Waals surface area contributed by atoms with Gasteiger partial charge in [0.1, 0.15) is 5.75 Å². The summed E-state index contributed by atoms with van der Waals surface area (Å²) in [5.41, 5.74) is 0.133. The number of ether oxygens (including phenoxy) is 1. The summed E-state index contributed by atoms with van der Waals surface area (Å²) in [5, 5.41) is 11.3. The largest absolute Gasteiger partial charge is 0.494 e. The van der Waals surface area contributed by atoms with E-state index in [9.17, 15) is 5.11 Å². The molecule has 0 unspecified atom stereocenters. The van der Waals surface area contributed by atoms with Crippen molar-refractivity contribution in [3.63, 3.8) is 0 Å². The first kappa shape index (κ1) is 15.8. The molecule has 3 nitrogen and oxygen atoms in total. The molecule has 112 valence electrons. The van der Waals surface area contributed by atoms with Crippen molar-refractivity contribution in [2.45, 2.75) is 38.8 Å². The maximum atomic E-state index is 11.3. The maximum absolute atomic E-state index is 11.3. The minimum Gasteiger partial charge on any atom is -0.494 e. The molecule has 3 atom stereocenters. The normalized spacial score (nSPS) is 31.3. The highest BCUT2D eigenvalue weighted by atomic mass is 79.9. The number of piperidine rings is 1. The van der Waals surface area contributed by atoms with Crippen LogP contribution in [0.5, 0.6) is 5.75 Å². The fraction of sp³-hybridized carbons (Fsp3) is 0.625. The smallest absolute Gasteiger partial charge is 0.119 e. The molecule has 0 aromatic heterocycles. The SMILES string of the molecule is CCOc1ccc(Br)c([C@]2(O)C[C@@H](C)N(C)C[C@@H]2C)c1. The lowest BCUT2D eigenvalue weighted by Gasteiger charge is -2.46. The van der Waals surface area contributed by atoms with Crippen molar-refractivity contribution in [3.8, 4) is 5.75 Å². The first-order valence-corrected chi connectivity index (χ1v) is 8.03. The highest BCUT2D eigenvalue weighted by Gasteiger charge is 2.43. The standard InChI is InChI=1S/C16H24BrNO2/c1-5-20-13-6-7-15(17)14(8-13)16(19)9-12(3)18(4)10-11(16)2/h6-8,11-12,19H,5,9-10H2,1-4H3/t11-,12+,16-/m0/s1. The average Bonchev–Trinajstić information content (AvgIpc) is 2.39. The van der Waals surface area contributed by atoms with Gasteiger partial charge < -0.3 is 14.7 Å². The second-order valence-electron chi connectivity index (χ2n) is 5.89. The molecule has 0 radical (unpaired) electrons. The van der Waals surface area contributed by atoms with Crippen LogP contribution in [0, 0.1) is 5.92 Å². The van der Waals surface area contributed by atoms with E-state index in [1.807, 2.05) is 25.1 Å². The summed E-state index contributed by atoms with van der Waals surface area (Å²) in [6.07, 6.45) is 0.735. The molecule has 0 aliphatic carbocycles. The van der Waals surface area contributed by atoms with Crippen LogP contribution in [0.25, 0.3) is 0 Å². The van der Waals surface area contributed by atoms with Crippen LogP contribution < -0.4 is 4.74 Å². The van der Waals surface area contributed by atoms with Crippen LogP contribution in [0.1, 0.15) is 32.8 Å². The highest BCUT2D eigenvalue weighted by molar-refractivity contribution is 9.10. The number of rotatable bonds is 3. The van der Waals surface area contributed by atoms with Gasteiger partial charge in [0.2, 0.25) is 0 Å². The second-order valence-corrected chi connectivity index (χ2v) is 6.75. The Bertz CT molecular complexity index is 480. The molecule has 1 N–H and O–H groups in total. The van der Waals surface area contributed by atoms with E-state index in [2.05, 4.69) is 41.7 Å². The van der Waals surface area contributed by atoms with E-state index >= 15 is 0 Å². The number of nitrogens with zero attached hydrogens (tertiary/aromatic N) is 1. The van der Waals surface area contributed by atoms with Crippen LogP contribution in [-0.2, 0) is 5.60 Å². The van der Waals surface area contributed by atoms with Crippen LogP contribution in [-0.4, -0.2) is 36.2 Å². The number of hydrogen-bond donors (Lipinski definition) is 1. The van der Waals surface area contributed by atoms with Gasteiger partial charge in [0.25, 0.3) is 0 Å². The van der Waals surface area contributed by atoms with Crippen LogP contribution >= 0.6 is 15.9 Å². The summed E-state index contributed by atoms with van der Waals surface area (Å²) in [5.74, 6) is 0.995. The Kier molecular flexibility index (Phi) is 4.77. The van der Waals surface area contributed by atoms with Crippen LogP contribution in [0.3, 0.4) is 0 Å². The Morgan fingerprint density at radius 1 is 1.45 bits per heavy atom. The predicted octanol–water partition coefficient (Wildman–Crippen LogP) is 3.40. The van der Waals surface area contributed by atoms with Crippen molar-refractivity contribution >= 4 is 15.9 Å². The molecular formula is C16H24BrNO2. The Labute approximate surface area is 130 Å². The van der Waals surface area contributed by atoms with Gasteiger partial charge in [0, 0.05) is 28.5 Å². The van der Waals surface area contributed by atoms with E-state index in [0.29, 0.717) is 12.6 Å². The molecule has 0 amide bonds. The summed E-state index contributed by atoms with van der Waals surface area (Å²) in [4.78, 5) is 2.30. The van der Waals surface area contributed by atoms with E-state index in [-0.39, 0.29) is 5.92 Å². The second kappa shape index (κ2) is 6.04. The Hall–Kier alpha value is -0.580. The zero-order chi connectivity index (χ0) is 14.9. The number of halogens is 1. The summed E-state index contributed by atoms with van der Waals surface area (Å²) in [7, 11) is 2.12. The minimum atomic E-state index is -0.808. The van der Waals surface area contributed by atoms with E-state index in [1.165, 1.54) is 0 Å². The van der Waals surface area contributed by atoms with Gasteiger partial charge >= 0.3 is 0 Å². The molecule has 0 spiro atoms. The number of likely N-dealkylation sites (tertiary alicyclic amines) is 1. The van der Waals surface area contributed by atoms with E-state index in [4.69, 9.17) is 4.74 Å². The summed E-state index contributed by atoms with van der Waals surface area (Å²) < 4.78 is 6.53. The molecule has 4 heteroatoms. The predicted molar refractivity (Wildman–Crippen MR) is 85.1 cm³/mol. The van der Waals surface area contributed by atoms with Crippen molar-refractivity contribution in [1.82, 2.24) is 4.90 Å². The van der Waals surface area contributed by atoms with Crippen LogP contribution in [0.4, 0.5) is 0 Å². The van der Waals surface area contributed by atoms with E-state index < -0.39 is 5.60 Å². The van der Waals surface area contributed by atoms with Gasteiger partial charge in [-0.3, -0.25) is 0 Å². The molecule has 1 aliphatic rings. The maximum Gasteiger partial charge on any atom is 0.119 e. The zero-order valence-corrected chi connectivity index (χ0v) is 14.3. The molecule has 1 aromatic carbocycles. The van der Waals surface area contributed by atoms with Crippen molar-refractivity contribution in [2.24, 2.45) is 5.92 Å². The number of hydrogen-bond acceptors (Lipinski definition) is 3. The molecule has 2 rings (SSSR count). The van der Waals surface area contributed by atoms with Crippen LogP contribution in [0.15, 0.2) is 22.7 Å². The van der Waals surface area contributed by atoms with Crippen molar-refractivity contribution in [1.29, 1.82) is 0 Å². The van der Waals surface area contributed by atoms with Gasteiger partial charge in [-0.15, -0.1) is 0 Å². The van der Waals surface area contributed by atoms with Crippen molar-refractivity contribution in [3.05, 3.63) is 28.2 Å². The number of benzene rings is 1. The van der Waals surface area contributed by atoms with Crippen molar-refractivity contribution < 1.29 is 9.84 Å². The van der Waals surface area contributed by atoms with Gasteiger partial charge in [-0.2, -0.15) is 0 Å². The lowest BCUT2D eigenvalue weighted by Crippen LogP contribution is -2.51. The first-order valence-electron chi connectivity index (χ1n) is 7.24. The molecule has 1 aromatic rings. The number of aliphatic hydroxyl groups is 1. The molecule has 1 aliphatic heterocycles. The lowest BCUT2D eigenvalue weighted by molar-refractivity contribution is -0.0849. The Balaban J connectivity index is 2.40. The van der Waals surface area contributed by atoms with Gasteiger partial charge in [0.15, 0.2) is 0 Å². The Morgan fingerprint density at radius 3 is 2.80 bits per heavy atom. The fourth-order valence-electron chi connectivity index (χ4n) is 3.04. The molecule has 1 fully saturated rings. The third-order valence-electron chi connectivity index (χ3n) is 4.45.